The molecule has 7 heteroatoms. The monoisotopic (exact) mass is 323 g/mol. The minimum Gasteiger partial charge on any atom is -0.377 e. The molecule has 0 bridgehead atoms. The highest BCUT2D eigenvalue weighted by atomic mass is 35.5. The van der Waals surface area contributed by atoms with E-state index in [0.29, 0.717) is 29.8 Å². The Morgan fingerprint density at radius 1 is 1.42 bits per heavy atom. The Kier molecular flexibility index (Phi) is 5.25. The second-order valence-corrected chi connectivity index (χ2v) is 8.36. The average Bonchev–Trinajstić information content (AvgIpc) is 2.84. The Hall–Kier alpha value is -0.140. The van der Waals surface area contributed by atoms with Crippen molar-refractivity contribution in [1.29, 1.82) is 0 Å². The van der Waals surface area contributed by atoms with E-state index in [0.717, 1.165) is 17.7 Å². The van der Waals surface area contributed by atoms with E-state index in [2.05, 4.69) is 0 Å². The van der Waals surface area contributed by atoms with Gasteiger partial charge in [-0.1, -0.05) is 0 Å². The van der Waals surface area contributed by atoms with Crippen LogP contribution in [0.25, 0.3) is 0 Å². The normalized spacial score (nSPS) is 18.8. The molecule has 0 unspecified atom stereocenters. The van der Waals surface area contributed by atoms with Gasteiger partial charge in [0.05, 0.1) is 12.7 Å². The summed E-state index contributed by atoms with van der Waals surface area (Å²) in [4.78, 5) is 1.01. The zero-order valence-corrected chi connectivity index (χ0v) is 13.2. The summed E-state index contributed by atoms with van der Waals surface area (Å²) in [5, 5.41) is 0. The van der Waals surface area contributed by atoms with Crippen LogP contribution in [-0.2, 0) is 14.8 Å². The van der Waals surface area contributed by atoms with Gasteiger partial charge < -0.3 is 4.74 Å². The maximum absolute atomic E-state index is 12.4. The standard InChI is InChI=1S/C12H18ClNO3S2/c1-10-2-3-12(18-10)19(15,16)14-7-4-11(5-8-14)17-9-6-13/h2-3,11H,4-9H2,1H3. The zero-order chi connectivity index (χ0) is 13.9. The second-order valence-electron chi connectivity index (χ2n) is 4.53. The van der Waals surface area contributed by atoms with Gasteiger partial charge in [-0.3, -0.25) is 0 Å². The highest BCUT2D eigenvalue weighted by Gasteiger charge is 2.30. The molecule has 1 aromatic rings. The molecule has 1 aliphatic heterocycles. The van der Waals surface area contributed by atoms with E-state index in [9.17, 15) is 8.42 Å². The van der Waals surface area contributed by atoms with Crippen LogP contribution in [0.4, 0.5) is 0 Å². The SMILES string of the molecule is Cc1ccc(S(=O)(=O)N2CCC(OCCCl)CC2)s1. The van der Waals surface area contributed by atoms with Gasteiger partial charge in [0.25, 0.3) is 10.0 Å². The van der Waals surface area contributed by atoms with Crippen molar-refractivity contribution in [3.8, 4) is 0 Å². The molecule has 19 heavy (non-hydrogen) atoms. The highest BCUT2D eigenvalue weighted by Crippen LogP contribution is 2.27. The Labute approximate surface area is 123 Å². The van der Waals surface area contributed by atoms with Crippen molar-refractivity contribution in [1.82, 2.24) is 4.31 Å². The van der Waals surface area contributed by atoms with E-state index in [1.165, 1.54) is 11.3 Å². The molecule has 1 saturated heterocycles. The fourth-order valence-electron chi connectivity index (χ4n) is 2.13. The van der Waals surface area contributed by atoms with Crippen molar-refractivity contribution in [2.45, 2.75) is 30.1 Å². The molecule has 108 valence electrons. The lowest BCUT2D eigenvalue weighted by molar-refractivity contribution is 0.0301. The molecule has 0 N–H and O–H groups in total. The predicted octanol–water partition coefficient (Wildman–Crippen LogP) is 2.47. The largest absolute Gasteiger partial charge is 0.377 e. The molecular weight excluding hydrogens is 306 g/mol. The maximum Gasteiger partial charge on any atom is 0.252 e. The molecule has 0 saturated carbocycles. The van der Waals surface area contributed by atoms with Crippen molar-refractivity contribution in [2.24, 2.45) is 0 Å². The summed E-state index contributed by atoms with van der Waals surface area (Å²) in [6.45, 7) is 3.48. The molecule has 0 atom stereocenters. The molecule has 0 radical (unpaired) electrons. The van der Waals surface area contributed by atoms with Gasteiger partial charge in [-0.05, 0) is 31.9 Å². The third-order valence-electron chi connectivity index (χ3n) is 3.14. The van der Waals surface area contributed by atoms with Crippen LogP contribution in [0.5, 0.6) is 0 Å². The van der Waals surface area contributed by atoms with Crippen molar-refractivity contribution >= 4 is 33.0 Å². The van der Waals surface area contributed by atoms with Gasteiger partial charge in [0.15, 0.2) is 0 Å². The maximum atomic E-state index is 12.4. The Bertz CT molecular complexity index is 507. The molecule has 4 nitrogen and oxygen atoms in total. The van der Waals surface area contributed by atoms with E-state index in [1.807, 2.05) is 13.0 Å². The number of halogens is 1. The third kappa shape index (κ3) is 3.70. The highest BCUT2D eigenvalue weighted by molar-refractivity contribution is 7.91. The fraction of sp³-hybridized carbons (Fsp3) is 0.667. The van der Waals surface area contributed by atoms with Gasteiger partial charge in [-0.15, -0.1) is 22.9 Å². The molecule has 1 fully saturated rings. The number of sulfonamides is 1. The summed E-state index contributed by atoms with van der Waals surface area (Å²) >= 11 is 6.90. The van der Waals surface area contributed by atoms with Gasteiger partial charge in [0.1, 0.15) is 4.21 Å². The predicted molar refractivity (Wildman–Crippen MR) is 77.5 cm³/mol. The van der Waals surface area contributed by atoms with Crippen LogP contribution >= 0.6 is 22.9 Å². The minimum atomic E-state index is -3.31. The minimum absolute atomic E-state index is 0.135. The third-order valence-corrected chi connectivity index (χ3v) is 6.66. The van der Waals surface area contributed by atoms with Gasteiger partial charge in [0.2, 0.25) is 0 Å². The smallest absolute Gasteiger partial charge is 0.252 e. The lowest BCUT2D eigenvalue weighted by Crippen LogP contribution is -2.40. The molecule has 1 aromatic heterocycles. The Morgan fingerprint density at radius 2 is 2.11 bits per heavy atom. The lowest BCUT2D eigenvalue weighted by atomic mass is 10.1. The number of aryl methyl sites for hydroxylation is 1. The Balaban J connectivity index is 1.97. The first-order valence-electron chi connectivity index (χ1n) is 6.28. The number of nitrogens with zero attached hydrogens (tertiary/aromatic N) is 1. The van der Waals surface area contributed by atoms with Crippen LogP contribution in [0.1, 0.15) is 17.7 Å². The second kappa shape index (κ2) is 6.54. The van der Waals surface area contributed by atoms with Crippen molar-refractivity contribution in [2.75, 3.05) is 25.6 Å². The van der Waals surface area contributed by atoms with Crippen LogP contribution in [0, 0.1) is 6.92 Å². The van der Waals surface area contributed by atoms with Crippen LogP contribution in [0.2, 0.25) is 0 Å². The van der Waals surface area contributed by atoms with Gasteiger partial charge >= 0.3 is 0 Å². The number of rotatable bonds is 5. The fourth-order valence-corrected chi connectivity index (χ4v) is 5.12. The Morgan fingerprint density at radius 3 is 2.63 bits per heavy atom. The topological polar surface area (TPSA) is 46.6 Å². The molecule has 0 spiro atoms. The van der Waals surface area contributed by atoms with Gasteiger partial charge in [-0.25, -0.2) is 8.42 Å². The van der Waals surface area contributed by atoms with Crippen molar-refractivity contribution < 1.29 is 13.2 Å². The first-order chi connectivity index (χ1) is 9.04. The number of thiophene rings is 1. The van der Waals surface area contributed by atoms with Crippen LogP contribution in [0.3, 0.4) is 0 Å². The first kappa shape index (κ1) is 15.3. The number of hydrogen-bond donors (Lipinski definition) is 0. The number of alkyl halides is 1. The number of ether oxygens (including phenoxy) is 1. The zero-order valence-electron chi connectivity index (χ0n) is 10.8. The summed E-state index contributed by atoms with van der Waals surface area (Å²) in [7, 11) is -3.31. The van der Waals surface area contributed by atoms with E-state index in [1.54, 1.807) is 10.4 Å². The summed E-state index contributed by atoms with van der Waals surface area (Å²) in [5.74, 6) is 0.479. The lowest BCUT2D eigenvalue weighted by Gasteiger charge is -2.30. The summed E-state index contributed by atoms with van der Waals surface area (Å²) in [5.41, 5.74) is 0. The summed E-state index contributed by atoms with van der Waals surface area (Å²) in [6, 6.07) is 3.53. The molecule has 0 aromatic carbocycles. The molecule has 1 aliphatic rings. The van der Waals surface area contributed by atoms with Crippen LogP contribution in [0.15, 0.2) is 16.3 Å². The van der Waals surface area contributed by atoms with Crippen LogP contribution in [-0.4, -0.2) is 44.4 Å². The summed E-state index contributed by atoms with van der Waals surface area (Å²) in [6.07, 6.45) is 1.61. The molecule has 0 aliphatic carbocycles. The molecule has 0 amide bonds. The van der Waals surface area contributed by atoms with Crippen LogP contribution < -0.4 is 0 Å². The van der Waals surface area contributed by atoms with Gasteiger partial charge in [0, 0.05) is 23.8 Å². The van der Waals surface area contributed by atoms with Crippen molar-refractivity contribution in [3.63, 3.8) is 0 Å². The average molecular weight is 324 g/mol. The number of hydrogen-bond acceptors (Lipinski definition) is 4. The van der Waals surface area contributed by atoms with E-state index < -0.39 is 10.0 Å². The van der Waals surface area contributed by atoms with E-state index >= 15 is 0 Å². The molecule has 2 rings (SSSR count). The van der Waals surface area contributed by atoms with E-state index in [-0.39, 0.29) is 6.10 Å². The van der Waals surface area contributed by atoms with E-state index in [4.69, 9.17) is 16.3 Å². The quantitative estimate of drug-likeness (QED) is 0.782. The van der Waals surface area contributed by atoms with Gasteiger partial charge in [-0.2, -0.15) is 4.31 Å². The molecular formula is C12H18ClNO3S2. The first-order valence-corrected chi connectivity index (χ1v) is 9.07. The van der Waals surface area contributed by atoms with Crippen molar-refractivity contribution in [3.05, 3.63) is 17.0 Å². The number of piperidine rings is 1. The summed E-state index contributed by atoms with van der Waals surface area (Å²) < 4.78 is 32.3. The molecule has 2 heterocycles.